The first-order valence-corrected chi connectivity index (χ1v) is 7.89. The maximum Gasteiger partial charge on any atom is 0.507 e. The summed E-state index contributed by atoms with van der Waals surface area (Å²) >= 11 is 0. The van der Waals surface area contributed by atoms with Crippen LogP contribution in [-0.2, 0) is 14.3 Å². The van der Waals surface area contributed by atoms with Gasteiger partial charge >= 0.3 is 11.7 Å². The smallest absolute Gasteiger partial charge is 0.503 e. The van der Waals surface area contributed by atoms with Crippen molar-refractivity contribution in [3.8, 4) is 0 Å². The zero-order chi connectivity index (χ0) is 18.0. The molecule has 2 rings (SSSR count). The van der Waals surface area contributed by atoms with Crippen LogP contribution in [0, 0.1) is 17.2 Å². The minimum absolute atomic E-state index is 0.0464. The van der Waals surface area contributed by atoms with E-state index < -0.39 is 30.2 Å². The Morgan fingerprint density at radius 3 is 2.58 bits per heavy atom. The lowest BCUT2D eigenvalue weighted by Crippen LogP contribution is -2.37. The van der Waals surface area contributed by atoms with Crippen molar-refractivity contribution in [2.45, 2.75) is 39.8 Å². The van der Waals surface area contributed by atoms with E-state index in [2.05, 4.69) is 9.71 Å². The van der Waals surface area contributed by atoms with E-state index in [9.17, 15) is 19.8 Å². The number of hydrogen-bond donors (Lipinski definition) is 2. The lowest BCUT2D eigenvalue weighted by molar-refractivity contribution is -0.139. The van der Waals surface area contributed by atoms with Crippen LogP contribution in [0.2, 0.25) is 0 Å². The molecule has 1 aliphatic carbocycles. The monoisotopic (exact) mass is 336 g/mol. The van der Waals surface area contributed by atoms with Gasteiger partial charge in [0.2, 0.25) is 17.1 Å². The highest BCUT2D eigenvalue weighted by atomic mass is 16.5. The number of carbonyl (C=O) groups is 2. The Hall–Kier alpha value is -2.40. The number of fused-ring (bicyclic) bond motifs is 1. The van der Waals surface area contributed by atoms with Crippen molar-refractivity contribution >= 4 is 11.9 Å². The number of likely N-dealkylation sites (tertiary alicyclic amines) is 1. The predicted molar refractivity (Wildman–Crippen MR) is 83.7 cm³/mol. The third-order valence-electron chi connectivity index (χ3n) is 4.78. The van der Waals surface area contributed by atoms with Gasteiger partial charge in [-0.05, 0) is 33.6 Å². The number of carbonyl (C=O) groups excluding carboxylic acids is 2. The van der Waals surface area contributed by atoms with Gasteiger partial charge in [-0.25, -0.2) is 4.79 Å². The lowest BCUT2D eigenvalue weighted by Gasteiger charge is -2.27. The molecule has 1 saturated heterocycles. The minimum atomic E-state index is -1.06. The van der Waals surface area contributed by atoms with E-state index in [1.807, 2.05) is 13.8 Å². The molecule has 0 spiro atoms. The Kier molecular flexibility index (Phi) is 5.24. The average Bonchev–Trinajstić information content (AvgIpc) is 2.74. The molecular formula is C16H22N3O5+. The van der Waals surface area contributed by atoms with Gasteiger partial charge in [-0.2, -0.15) is 0 Å². The van der Waals surface area contributed by atoms with Crippen LogP contribution in [0.3, 0.4) is 0 Å². The van der Waals surface area contributed by atoms with E-state index in [-0.39, 0.29) is 24.3 Å². The van der Waals surface area contributed by atoms with E-state index in [1.54, 1.807) is 6.92 Å². The zero-order valence-electron chi connectivity index (χ0n) is 14.0. The number of hydrogen-bond acceptors (Lipinski definition) is 6. The fraction of sp³-hybridized carbons (Fsp3) is 0.625. The number of ether oxygens (including phenoxy) is 1. The second kappa shape index (κ2) is 7.01. The van der Waals surface area contributed by atoms with Gasteiger partial charge in [-0.3, -0.25) is 4.79 Å². The molecule has 2 N–H and O–H groups in total. The Morgan fingerprint density at radius 1 is 1.38 bits per heavy atom. The van der Waals surface area contributed by atoms with Crippen molar-refractivity contribution in [2.75, 3.05) is 13.2 Å². The molecule has 2 aliphatic rings. The third kappa shape index (κ3) is 3.12. The summed E-state index contributed by atoms with van der Waals surface area (Å²) in [7, 11) is 0. The first kappa shape index (κ1) is 17.9. The highest BCUT2D eigenvalue weighted by Gasteiger charge is 2.49. The molecule has 1 aliphatic heterocycles. The number of rotatable bonds is 4. The van der Waals surface area contributed by atoms with Crippen LogP contribution in [0.4, 0.5) is 0 Å². The molecule has 3 unspecified atom stereocenters. The minimum Gasteiger partial charge on any atom is -0.503 e. The van der Waals surface area contributed by atoms with E-state index >= 15 is 0 Å². The van der Waals surface area contributed by atoms with Crippen molar-refractivity contribution < 1.29 is 24.5 Å². The molecule has 0 aromatic heterocycles. The summed E-state index contributed by atoms with van der Waals surface area (Å²) in [6, 6.07) is 0. The van der Waals surface area contributed by atoms with Gasteiger partial charge in [0.1, 0.15) is 6.23 Å². The summed E-state index contributed by atoms with van der Waals surface area (Å²) in [5.74, 6) is -2.49. The van der Waals surface area contributed by atoms with Gasteiger partial charge in [0.05, 0.1) is 13.2 Å². The fourth-order valence-corrected chi connectivity index (χ4v) is 3.31. The molecule has 24 heavy (non-hydrogen) atoms. The summed E-state index contributed by atoms with van der Waals surface area (Å²) in [5.41, 5.74) is 1.62. The number of aliphatic hydroxyl groups excluding tert-OH is 2. The zero-order valence-corrected chi connectivity index (χ0v) is 14.0. The SMILES string of the molecule is CCOC(=O)/C([N+]#N)=C(\O)CN1C(=O)C2CC(C)=C(C)CC2C1O. The molecule has 1 heterocycles. The molecule has 130 valence electrons. The normalized spacial score (nSPS) is 27.5. The second-order valence-corrected chi connectivity index (χ2v) is 6.23. The van der Waals surface area contributed by atoms with E-state index in [0.29, 0.717) is 12.8 Å². The molecule has 0 aromatic carbocycles. The van der Waals surface area contributed by atoms with E-state index in [4.69, 9.17) is 5.39 Å². The number of aliphatic hydroxyl groups is 2. The van der Waals surface area contributed by atoms with Gasteiger partial charge in [0.15, 0.2) is 4.98 Å². The van der Waals surface area contributed by atoms with Crippen LogP contribution >= 0.6 is 0 Å². The summed E-state index contributed by atoms with van der Waals surface area (Å²) in [6.45, 7) is 5.15. The summed E-state index contributed by atoms with van der Waals surface area (Å²) in [4.78, 5) is 28.0. The Bertz CT molecular complexity index is 661. The van der Waals surface area contributed by atoms with Gasteiger partial charge < -0.3 is 19.8 Å². The van der Waals surface area contributed by atoms with Crippen molar-refractivity contribution in [1.29, 1.82) is 5.39 Å². The number of nitrogens with zero attached hydrogens (tertiary/aromatic N) is 3. The standard InChI is InChI=1S/C16H21N3O5/c1-4-24-16(23)13(18-17)12(20)7-19-14(21)10-5-8(2)9(3)6-11(10)15(19)22/h10-11,14,21H,4-7H2,1-3H3/p+1. The van der Waals surface area contributed by atoms with Crippen molar-refractivity contribution in [3.05, 3.63) is 27.6 Å². The topological polar surface area (TPSA) is 115 Å². The first-order valence-electron chi connectivity index (χ1n) is 7.89. The van der Waals surface area contributed by atoms with Crippen LogP contribution in [0.1, 0.15) is 33.6 Å². The molecular weight excluding hydrogens is 314 g/mol. The van der Waals surface area contributed by atoms with Crippen molar-refractivity contribution in [2.24, 2.45) is 11.8 Å². The predicted octanol–water partition coefficient (Wildman–Crippen LogP) is 1.70. The largest absolute Gasteiger partial charge is 0.507 e. The number of allylic oxidation sites excluding steroid dienone is 2. The van der Waals surface area contributed by atoms with Crippen molar-refractivity contribution in [1.82, 2.24) is 4.90 Å². The van der Waals surface area contributed by atoms with Gasteiger partial charge in [-0.15, -0.1) is 0 Å². The highest BCUT2D eigenvalue weighted by Crippen LogP contribution is 2.42. The molecule has 1 fully saturated rings. The summed E-state index contributed by atoms with van der Waals surface area (Å²) < 4.78 is 4.67. The molecule has 0 radical (unpaired) electrons. The van der Waals surface area contributed by atoms with Gasteiger partial charge in [-0.1, -0.05) is 11.1 Å². The van der Waals surface area contributed by atoms with Gasteiger partial charge in [0, 0.05) is 11.8 Å². The molecule has 0 aromatic rings. The second-order valence-electron chi connectivity index (χ2n) is 6.23. The number of diazo groups is 1. The number of amides is 1. The maximum atomic E-state index is 12.5. The Balaban J connectivity index is 2.21. The van der Waals surface area contributed by atoms with Crippen LogP contribution < -0.4 is 0 Å². The summed E-state index contributed by atoms with van der Waals surface area (Å²) in [5, 5.41) is 29.4. The molecule has 8 heteroatoms. The molecule has 8 nitrogen and oxygen atoms in total. The molecule has 0 bridgehead atoms. The Labute approximate surface area is 140 Å². The first-order chi connectivity index (χ1) is 11.3. The lowest BCUT2D eigenvalue weighted by atomic mass is 9.78. The van der Waals surface area contributed by atoms with E-state index in [0.717, 1.165) is 16.0 Å². The van der Waals surface area contributed by atoms with Crippen LogP contribution in [-0.4, -0.2) is 46.4 Å². The molecule has 3 atom stereocenters. The average molecular weight is 336 g/mol. The molecule has 0 saturated carbocycles. The molecule has 1 amide bonds. The third-order valence-corrected chi connectivity index (χ3v) is 4.78. The quantitative estimate of drug-likeness (QED) is 0.265. The number of esters is 1. The van der Waals surface area contributed by atoms with E-state index in [1.165, 1.54) is 0 Å². The van der Waals surface area contributed by atoms with Crippen LogP contribution in [0.15, 0.2) is 22.6 Å². The maximum absolute atomic E-state index is 12.5. The Morgan fingerprint density at radius 2 is 2.00 bits per heavy atom. The van der Waals surface area contributed by atoms with Crippen LogP contribution in [0.25, 0.3) is 4.98 Å². The fourth-order valence-electron chi connectivity index (χ4n) is 3.31. The highest BCUT2D eigenvalue weighted by molar-refractivity contribution is 5.91. The van der Waals surface area contributed by atoms with Gasteiger partial charge in [0.25, 0.3) is 0 Å². The van der Waals surface area contributed by atoms with Crippen LogP contribution in [0.5, 0.6) is 0 Å². The van der Waals surface area contributed by atoms with Crippen molar-refractivity contribution in [3.63, 3.8) is 0 Å². The summed E-state index contributed by atoms with van der Waals surface area (Å²) in [6.07, 6.45) is 0.122.